The molecule has 0 radical (unpaired) electrons. The van der Waals surface area contributed by atoms with Crippen molar-refractivity contribution >= 4 is 15.9 Å². The lowest BCUT2D eigenvalue weighted by Crippen LogP contribution is -2.14. The Morgan fingerprint density at radius 3 is 2.47 bits per heavy atom. The van der Waals surface area contributed by atoms with Crippen molar-refractivity contribution in [2.24, 2.45) is 5.92 Å². The van der Waals surface area contributed by atoms with E-state index in [2.05, 4.69) is 68.7 Å². The van der Waals surface area contributed by atoms with Crippen LogP contribution in [0.5, 0.6) is 5.75 Å². The maximum absolute atomic E-state index is 6.02. The Morgan fingerprint density at radius 1 is 1.21 bits per heavy atom. The Bertz CT molecular complexity index is 393. The van der Waals surface area contributed by atoms with Crippen molar-refractivity contribution < 1.29 is 4.74 Å². The zero-order chi connectivity index (χ0) is 14.5. The van der Waals surface area contributed by atoms with Gasteiger partial charge in [-0.25, -0.2) is 0 Å². The normalized spacial score (nSPS) is 13.4. The number of halogens is 1. The summed E-state index contributed by atoms with van der Waals surface area (Å²) in [5, 5.41) is 1.08. The molecule has 19 heavy (non-hydrogen) atoms. The predicted molar refractivity (Wildman–Crippen MR) is 87.6 cm³/mol. The Balaban J connectivity index is 2.68. The summed E-state index contributed by atoms with van der Waals surface area (Å²) in [6.45, 7) is 11.9. The largest absolute Gasteiger partial charge is 0.493 e. The fourth-order valence-electron chi connectivity index (χ4n) is 2.06. The van der Waals surface area contributed by atoms with E-state index in [4.69, 9.17) is 4.74 Å². The SMILES string of the molecule is Cc1ccc(OCCC(C)CCBr)c(C(C)(C)C)c1. The molecule has 0 bridgehead atoms. The maximum atomic E-state index is 6.02. The minimum atomic E-state index is 0.128. The van der Waals surface area contributed by atoms with Crippen molar-refractivity contribution in [3.05, 3.63) is 29.3 Å². The third-order valence-corrected chi connectivity index (χ3v) is 3.87. The van der Waals surface area contributed by atoms with E-state index >= 15 is 0 Å². The van der Waals surface area contributed by atoms with Gasteiger partial charge in [-0.3, -0.25) is 0 Å². The molecule has 0 saturated heterocycles. The van der Waals surface area contributed by atoms with Gasteiger partial charge >= 0.3 is 0 Å². The second-order valence-corrected chi connectivity index (χ2v) is 7.26. The Labute approximate surface area is 126 Å². The monoisotopic (exact) mass is 326 g/mol. The highest BCUT2D eigenvalue weighted by Gasteiger charge is 2.19. The highest BCUT2D eigenvalue weighted by molar-refractivity contribution is 9.09. The van der Waals surface area contributed by atoms with Crippen molar-refractivity contribution in [1.82, 2.24) is 0 Å². The van der Waals surface area contributed by atoms with Crippen LogP contribution in [0.15, 0.2) is 18.2 Å². The number of benzene rings is 1. The molecule has 0 saturated carbocycles. The van der Waals surface area contributed by atoms with Gasteiger partial charge < -0.3 is 4.74 Å². The molecular formula is C17H27BrO. The average Bonchev–Trinajstić information content (AvgIpc) is 2.30. The number of alkyl halides is 1. The van der Waals surface area contributed by atoms with Gasteiger partial charge in [0.15, 0.2) is 0 Å². The third kappa shape index (κ3) is 5.56. The van der Waals surface area contributed by atoms with E-state index in [-0.39, 0.29) is 5.41 Å². The first-order valence-electron chi connectivity index (χ1n) is 7.14. The molecule has 2 heteroatoms. The molecule has 0 fully saturated rings. The molecule has 0 heterocycles. The van der Waals surface area contributed by atoms with Crippen molar-refractivity contribution in [3.63, 3.8) is 0 Å². The van der Waals surface area contributed by atoms with Gasteiger partial charge in [-0.15, -0.1) is 0 Å². The molecule has 0 aliphatic carbocycles. The van der Waals surface area contributed by atoms with E-state index in [0.717, 1.165) is 24.1 Å². The van der Waals surface area contributed by atoms with Crippen LogP contribution >= 0.6 is 15.9 Å². The summed E-state index contributed by atoms with van der Waals surface area (Å²) in [6, 6.07) is 6.49. The minimum absolute atomic E-state index is 0.128. The first-order chi connectivity index (χ1) is 8.84. The first kappa shape index (κ1) is 16.6. The molecule has 0 spiro atoms. The molecular weight excluding hydrogens is 300 g/mol. The summed E-state index contributed by atoms with van der Waals surface area (Å²) >= 11 is 3.49. The molecule has 0 aromatic heterocycles. The standard InChI is InChI=1S/C17H27BrO/c1-13(8-10-18)9-11-19-16-7-6-14(2)12-15(16)17(3,4)5/h6-7,12-13H,8-11H2,1-5H3. The van der Waals surface area contributed by atoms with Crippen LogP contribution in [0.25, 0.3) is 0 Å². The second kappa shape index (κ2) is 7.33. The van der Waals surface area contributed by atoms with E-state index in [1.165, 1.54) is 17.5 Å². The molecule has 1 nitrogen and oxygen atoms in total. The summed E-state index contributed by atoms with van der Waals surface area (Å²) in [6.07, 6.45) is 2.33. The molecule has 1 rings (SSSR count). The van der Waals surface area contributed by atoms with Crippen LogP contribution in [0.4, 0.5) is 0 Å². The summed E-state index contributed by atoms with van der Waals surface area (Å²) < 4.78 is 6.02. The Hall–Kier alpha value is -0.500. The zero-order valence-electron chi connectivity index (χ0n) is 12.9. The molecule has 1 unspecified atom stereocenters. The molecule has 1 atom stereocenters. The van der Waals surface area contributed by atoms with Crippen molar-refractivity contribution in [2.45, 2.75) is 52.9 Å². The van der Waals surface area contributed by atoms with Gasteiger partial charge in [0, 0.05) is 5.33 Å². The molecule has 0 amide bonds. The fourth-order valence-corrected chi connectivity index (χ4v) is 2.84. The molecule has 0 aliphatic heterocycles. The lowest BCUT2D eigenvalue weighted by Gasteiger charge is -2.23. The van der Waals surface area contributed by atoms with Gasteiger partial charge in [0.2, 0.25) is 0 Å². The highest BCUT2D eigenvalue weighted by atomic mass is 79.9. The summed E-state index contributed by atoms with van der Waals surface area (Å²) in [5.41, 5.74) is 2.73. The Kier molecular flexibility index (Phi) is 6.38. The number of hydrogen-bond acceptors (Lipinski definition) is 1. The Morgan fingerprint density at radius 2 is 1.89 bits per heavy atom. The fraction of sp³-hybridized carbons (Fsp3) is 0.647. The van der Waals surface area contributed by atoms with E-state index in [9.17, 15) is 0 Å². The lowest BCUT2D eigenvalue weighted by atomic mass is 9.85. The van der Waals surface area contributed by atoms with Gasteiger partial charge in [-0.2, -0.15) is 0 Å². The predicted octanol–water partition coefficient (Wildman–Crippen LogP) is 5.48. The van der Waals surface area contributed by atoms with Crippen LogP contribution in [0.3, 0.4) is 0 Å². The molecule has 1 aromatic rings. The van der Waals surface area contributed by atoms with E-state index in [1.807, 2.05) is 0 Å². The van der Waals surface area contributed by atoms with Crippen molar-refractivity contribution in [2.75, 3.05) is 11.9 Å². The molecule has 0 N–H and O–H groups in total. The van der Waals surface area contributed by atoms with Gasteiger partial charge in [0.1, 0.15) is 5.75 Å². The maximum Gasteiger partial charge on any atom is 0.123 e. The summed E-state index contributed by atoms with van der Waals surface area (Å²) in [5.74, 6) is 1.76. The van der Waals surface area contributed by atoms with Crippen LogP contribution in [-0.2, 0) is 5.41 Å². The van der Waals surface area contributed by atoms with Crippen LogP contribution in [0.2, 0.25) is 0 Å². The van der Waals surface area contributed by atoms with Gasteiger partial charge in [-0.1, -0.05) is 61.3 Å². The van der Waals surface area contributed by atoms with E-state index in [0.29, 0.717) is 5.92 Å². The van der Waals surface area contributed by atoms with Gasteiger partial charge in [-0.05, 0) is 42.7 Å². The van der Waals surface area contributed by atoms with Crippen LogP contribution in [-0.4, -0.2) is 11.9 Å². The van der Waals surface area contributed by atoms with Crippen LogP contribution in [0, 0.1) is 12.8 Å². The smallest absolute Gasteiger partial charge is 0.123 e. The minimum Gasteiger partial charge on any atom is -0.493 e. The van der Waals surface area contributed by atoms with Gasteiger partial charge in [0.25, 0.3) is 0 Å². The van der Waals surface area contributed by atoms with Crippen LogP contribution in [0.1, 0.15) is 51.7 Å². The number of hydrogen-bond donors (Lipinski definition) is 0. The first-order valence-corrected chi connectivity index (χ1v) is 8.26. The number of rotatable bonds is 6. The second-order valence-electron chi connectivity index (χ2n) is 6.47. The average molecular weight is 327 g/mol. The number of aryl methyl sites for hydroxylation is 1. The van der Waals surface area contributed by atoms with Crippen molar-refractivity contribution in [1.29, 1.82) is 0 Å². The summed E-state index contributed by atoms with van der Waals surface area (Å²) in [4.78, 5) is 0. The summed E-state index contributed by atoms with van der Waals surface area (Å²) in [7, 11) is 0. The highest BCUT2D eigenvalue weighted by Crippen LogP contribution is 2.32. The van der Waals surface area contributed by atoms with E-state index < -0.39 is 0 Å². The third-order valence-electron chi connectivity index (χ3n) is 3.41. The van der Waals surface area contributed by atoms with Gasteiger partial charge in [0.05, 0.1) is 6.61 Å². The lowest BCUT2D eigenvalue weighted by molar-refractivity contribution is 0.276. The quantitative estimate of drug-likeness (QED) is 0.628. The zero-order valence-corrected chi connectivity index (χ0v) is 14.5. The van der Waals surface area contributed by atoms with Crippen LogP contribution < -0.4 is 4.74 Å². The topological polar surface area (TPSA) is 9.23 Å². The molecule has 108 valence electrons. The molecule has 1 aromatic carbocycles. The number of ether oxygens (including phenoxy) is 1. The van der Waals surface area contributed by atoms with E-state index in [1.54, 1.807) is 0 Å². The van der Waals surface area contributed by atoms with Crippen molar-refractivity contribution in [3.8, 4) is 5.75 Å². The molecule has 0 aliphatic rings.